The Bertz CT molecular complexity index is 266. The zero-order chi connectivity index (χ0) is 13.3. The molecular weight excluding hydrogens is 220 g/mol. The van der Waals surface area contributed by atoms with Gasteiger partial charge in [0.2, 0.25) is 0 Å². The van der Waals surface area contributed by atoms with Crippen LogP contribution in [0.25, 0.3) is 0 Å². The second-order valence-corrected chi connectivity index (χ2v) is 7.18. The lowest BCUT2D eigenvalue weighted by Crippen LogP contribution is -2.60. The molecule has 0 amide bonds. The van der Waals surface area contributed by atoms with Crippen LogP contribution in [0.2, 0.25) is 0 Å². The van der Waals surface area contributed by atoms with E-state index in [1.54, 1.807) is 0 Å². The van der Waals surface area contributed by atoms with Gasteiger partial charge in [0.1, 0.15) is 0 Å². The third-order valence-electron chi connectivity index (χ3n) is 5.45. The molecule has 0 radical (unpaired) electrons. The summed E-state index contributed by atoms with van der Waals surface area (Å²) in [6, 6.07) is 1.51. The molecule has 0 aromatic heterocycles. The molecule has 4 atom stereocenters. The van der Waals surface area contributed by atoms with Crippen molar-refractivity contribution in [3.63, 3.8) is 0 Å². The fourth-order valence-corrected chi connectivity index (χ4v) is 5.04. The molecule has 1 aliphatic carbocycles. The van der Waals surface area contributed by atoms with E-state index in [0.717, 1.165) is 30.5 Å². The van der Waals surface area contributed by atoms with Crippen LogP contribution in [0.3, 0.4) is 0 Å². The lowest BCUT2D eigenvalue weighted by molar-refractivity contribution is -0.0130. The Kier molecular flexibility index (Phi) is 4.38. The Hall–Kier alpha value is -0.0800. The van der Waals surface area contributed by atoms with Crippen LogP contribution in [-0.2, 0) is 0 Å². The van der Waals surface area contributed by atoms with Crippen molar-refractivity contribution in [1.82, 2.24) is 4.90 Å². The summed E-state index contributed by atoms with van der Waals surface area (Å²) >= 11 is 0. The molecule has 106 valence electrons. The van der Waals surface area contributed by atoms with E-state index in [4.69, 9.17) is 5.73 Å². The van der Waals surface area contributed by atoms with Crippen LogP contribution in [0.1, 0.15) is 66.2 Å². The van der Waals surface area contributed by atoms with Crippen molar-refractivity contribution >= 4 is 0 Å². The summed E-state index contributed by atoms with van der Waals surface area (Å²) in [6.45, 7) is 10.4. The molecule has 1 heterocycles. The Morgan fingerprint density at radius 1 is 1.11 bits per heavy atom. The quantitative estimate of drug-likeness (QED) is 0.834. The van der Waals surface area contributed by atoms with E-state index in [9.17, 15) is 0 Å². The first kappa shape index (κ1) is 14.3. The van der Waals surface area contributed by atoms with Gasteiger partial charge in [-0.15, -0.1) is 0 Å². The third-order valence-corrected chi connectivity index (χ3v) is 5.45. The fourth-order valence-electron chi connectivity index (χ4n) is 5.04. The maximum Gasteiger partial charge on any atom is 0.0342 e. The average Bonchev–Trinajstić information content (AvgIpc) is 2.69. The van der Waals surface area contributed by atoms with E-state index in [1.807, 2.05) is 0 Å². The van der Waals surface area contributed by atoms with Crippen molar-refractivity contribution in [3.8, 4) is 0 Å². The molecule has 4 unspecified atom stereocenters. The van der Waals surface area contributed by atoms with Gasteiger partial charge in [-0.2, -0.15) is 0 Å². The number of nitrogens with two attached hydrogens (primary N) is 1. The molecule has 18 heavy (non-hydrogen) atoms. The van der Waals surface area contributed by atoms with Crippen molar-refractivity contribution in [3.05, 3.63) is 0 Å². The minimum Gasteiger partial charge on any atom is -0.329 e. The van der Waals surface area contributed by atoms with Gasteiger partial charge < -0.3 is 5.73 Å². The topological polar surface area (TPSA) is 29.3 Å². The van der Waals surface area contributed by atoms with Crippen molar-refractivity contribution in [2.45, 2.75) is 83.8 Å². The highest BCUT2D eigenvalue weighted by Gasteiger charge is 2.47. The van der Waals surface area contributed by atoms with Crippen LogP contribution in [-0.4, -0.2) is 29.1 Å². The van der Waals surface area contributed by atoms with E-state index >= 15 is 0 Å². The normalized spacial score (nSPS) is 46.5. The summed E-state index contributed by atoms with van der Waals surface area (Å²) in [5.74, 6) is 1.67. The predicted molar refractivity (Wildman–Crippen MR) is 78.6 cm³/mol. The van der Waals surface area contributed by atoms with Crippen LogP contribution >= 0.6 is 0 Å². The molecule has 0 bridgehead atoms. The maximum absolute atomic E-state index is 6.28. The molecule has 2 fully saturated rings. The van der Waals surface area contributed by atoms with E-state index in [0.29, 0.717) is 5.54 Å². The van der Waals surface area contributed by atoms with Crippen molar-refractivity contribution in [1.29, 1.82) is 0 Å². The van der Waals surface area contributed by atoms with Gasteiger partial charge in [-0.05, 0) is 57.3 Å². The van der Waals surface area contributed by atoms with Gasteiger partial charge in [-0.1, -0.05) is 20.8 Å². The van der Waals surface area contributed by atoms with E-state index < -0.39 is 0 Å². The molecule has 2 heteroatoms. The fraction of sp³-hybridized carbons (Fsp3) is 1.00. The number of hydrogen-bond donors (Lipinski definition) is 1. The number of nitrogens with zero attached hydrogens (tertiary/aromatic N) is 1. The molecule has 2 rings (SSSR count). The second-order valence-electron chi connectivity index (χ2n) is 7.18. The summed E-state index contributed by atoms with van der Waals surface area (Å²) in [7, 11) is 0. The molecule has 2 nitrogen and oxygen atoms in total. The first-order valence-corrected chi connectivity index (χ1v) is 8.01. The molecule has 0 spiro atoms. The Labute approximate surface area is 113 Å². The zero-order valence-corrected chi connectivity index (χ0v) is 12.8. The third kappa shape index (κ3) is 2.46. The summed E-state index contributed by atoms with van der Waals surface area (Å²) in [6.07, 6.45) is 8.05. The van der Waals surface area contributed by atoms with E-state index in [2.05, 4.69) is 32.6 Å². The van der Waals surface area contributed by atoms with Gasteiger partial charge >= 0.3 is 0 Å². The van der Waals surface area contributed by atoms with Gasteiger partial charge in [0, 0.05) is 24.2 Å². The summed E-state index contributed by atoms with van der Waals surface area (Å²) in [5.41, 5.74) is 6.58. The first-order valence-electron chi connectivity index (χ1n) is 8.01. The highest BCUT2D eigenvalue weighted by Crippen LogP contribution is 2.44. The largest absolute Gasteiger partial charge is 0.329 e. The van der Waals surface area contributed by atoms with Crippen molar-refractivity contribution < 1.29 is 0 Å². The molecule has 0 aromatic carbocycles. The second kappa shape index (κ2) is 5.50. The minimum absolute atomic E-state index is 0.299. The molecule has 1 saturated carbocycles. The van der Waals surface area contributed by atoms with Gasteiger partial charge in [0.05, 0.1) is 0 Å². The smallest absolute Gasteiger partial charge is 0.0342 e. The number of likely N-dealkylation sites (tertiary alicyclic amines) is 1. The van der Waals surface area contributed by atoms with Crippen LogP contribution in [0.15, 0.2) is 0 Å². The average molecular weight is 252 g/mol. The van der Waals surface area contributed by atoms with Crippen molar-refractivity contribution in [2.75, 3.05) is 6.54 Å². The SMILES string of the molecule is CCC1CCC(C)N1C1(CN)CC(C)CC(C)C1. The zero-order valence-electron chi connectivity index (χ0n) is 12.8. The maximum atomic E-state index is 6.28. The highest BCUT2D eigenvalue weighted by atomic mass is 15.3. The summed E-state index contributed by atoms with van der Waals surface area (Å²) in [4.78, 5) is 2.83. The highest BCUT2D eigenvalue weighted by molar-refractivity contribution is 5.03. The first-order chi connectivity index (χ1) is 8.52. The standard InChI is InChI=1S/C16H32N2/c1-5-15-7-6-14(4)18(15)16(11-17)9-12(2)8-13(3)10-16/h12-15H,5-11,17H2,1-4H3. The van der Waals surface area contributed by atoms with Crippen molar-refractivity contribution in [2.24, 2.45) is 17.6 Å². The Morgan fingerprint density at radius 3 is 2.22 bits per heavy atom. The van der Waals surface area contributed by atoms with Gasteiger partial charge in [-0.25, -0.2) is 0 Å². The van der Waals surface area contributed by atoms with Crippen LogP contribution < -0.4 is 5.73 Å². The van der Waals surface area contributed by atoms with E-state index in [-0.39, 0.29) is 0 Å². The molecule has 1 saturated heterocycles. The number of rotatable bonds is 3. The monoisotopic (exact) mass is 252 g/mol. The molecular formula is C16H32N2. The van der Waals surface area contributed by atoms with Gasteiger partial charge in [0.25, 0.3) is 0 Å². The summed E-state index contributed by atoms with van der Waals surface area (Å²) in [5, 5.41) is 0. The van der Waals surface area contributed by atoms with E-state index in [1.165, 1.54) is 38.5 Å². The number of hydrogen-bond acceptors (Lipinski definition) is 2. The molecule has 0 aromatic rings. The summed E-state index contributed by atoms with van der Waals surface area (Å²) < 4.78 is 0. The molecule has 2 aliphatic rings. The lowest BCUT2D eigenvalue weighted by Gasteiger charge is -2.52. The van der Waals surface area contributed by atoms with Crippen LogP contribution in [0.5, 0.6) is 0 Å². The minimum atomic E-state index is 0.299. The molecule has 1 aliphatic heterocycles. The van der Waals surface area contributed by atoms with Gasteiger partial charge in [0.15, 0.2) is 0 Å². The van der Waals surface area contributed by atoms with Gasteiger partial charge in [-0.3, -0.25) is 4.90 Å². The van der Waals surface area contributed by atoms with Crippen LogP contribution in [0, 0.1) is 11.8 Å². The Balaban J connectivity index is 2.24. The Morgan fingerprint density at radius 2 is 1.72 bits per heavy atom. The predicted octanol–water partition coefficient (Wildman–Crippen LogP) is 3.40. The lowest BCUT2D eigenvalue weighted by atomic mass is 9.70. The molecule has 2 N–H and O–H groups in total. The van der Waals surface area contributed by atoms with Crippen LogP contribution in [0.4, 0.5) is 0 Å².